The van der Waals surface area contributed by atoms with Gasteiger partial charge in [-0.25, -0.2) is 0 Å². The Morgan fingerprint density at radius 1 is 1.17 bits per heavy atom. The zero-order chi connectivity index (χ0) is 16.7. The summed E-state index contributed by atoms with van der Waals surface area (Å²) in [4.78, 5) is 5.27. The van der Waals surface area contributed by atoms with Gasteiger partial charge in [0.2, 0.25) is 0 Å². The van der Waals surface area contributed by atoms with Crippen LogP contribution in [0.2, 0.25) is 0 Å². The van der Waals surface area contributed by atoms with Crippen molar-refractivity contribution in [1.29, 1.82) is 0 Å². The summed E-state index contributed by atoms with van der Waals surface area (Å²) in [7, 11) is 0. The van der Waals surface area contributed by atoms with E-state index in [9.17, 15) is 0 Å². The van der Waals surface area contributed by atoms with Crippen LogP contribution >= 0.6 is 0 Å². The zero-order valence-corrected chi connectivity index (χ0v) is 15.3. The van der Waals surface area contributed by atoms with Gasteiger partial charge in [-0.2, -0.15) is 0 Å². The third-order valence-corrected chi connectivity index (χ3v) is 5.87. The van der Waals surface area contributed by atoms with Gasteiger partial charge in [-0.15, -0.1) is 0 Å². The summed E-state index contributed by atoms with van der Waals surface area (Å²) in [6, 6.07) is 8.07. The fraction of sp³-hybridized carbons (Fsp3) is 0.700. The van der Waals surface area contributed by atoms with Crippen LogP contribution in [0.1, 0.15) is 38.3 Å². The highest BCUT2D eigenvalue weighted by molar-refractivity contribution is 5.41. The van der Waals surface area contributed by atoms with Crippen LogP contribution < -0.4 is 4.74 Å². The van der Waals surface area contributed by atoms with Gasteiger partial charge in [-0.05, 0) is 44.4 Å². The van der Waals surface area contributed by atoms with Crippen molar-refractivity contribution in [3.8, 4) is 5.75 Å². The average molecular weight is 330 g/mol. The highest BCUT2D eigenvalue weighted by Crippen LogP contribution is 2.36. The van der Waals surface area contributed by atoms with Gasteiger partial charge in [0.05, 0.1) is 13.2 Å². The molecule has 24 heavy (non-hydrogen) atoms. The molecule has 1 aromatic carbocycles. The minimum Gasteiger partial charge on any atom is -0.487 e. The van der Waals surface area contributed by atoms with E-state index in [1.807, 2.05) is 0 Å². The molecule has 3 aliphatic heterocycles. The molecule has 4 nitrogen and oxygen atoms in total. The van der Waals surface area contributed by atoms with Crippen molar-refractivity contribution in [2.75, 3.05) is 32.8 Å². The second-order valence-corrected chi connectivity index (χ2v) is 8.20. The van der Waals surface area contributed by atoms with Gasteiger partial charge in [-0.1, -0.05) is 12.1 Å². The molecular weight excluding hydrogens is 300 g/mol. The Morgan fingerprint density at radius 2 is 1.96 bits per heavy atom. The first-order valence-electron chi connectivity index (χ1n) is 9.38. The molecular formula is C20H30N2O2. The third-order valence-electron chi connectivity index (χ3n) is 5.87. The molecule has 2 fully saturated rings. The number of hydrogen-bond donors (Lipinski definition) is 0. The molecule has 0 unspecified atom stereocenters. The number of rotatable bonds is 3. The molecule has 0 spiro atoms. The Kier molecular flexibility index (Phi) is 4.31. The van der Waals surface area contributed by atoms with Crippen LogP contribution in [0.3, 0.4) is 0 Å². The number of nitrogens with zero attached hydrogens (tertiary/aromatic N) is 2. The van der Waals surface area contributed by atoms with E-state index < -0.39 is 0 Å². The molecule has 0 amide bonds. The molecule has 4 heteroatoms. The van der Waals surface area contributed by atoms with Gasteiger partial charge >= 0.3 is 0 Å². The molecule has 0 radical (unpaired) electrons. The Morgan fingerprint density at radius 3 is 2.75 bits per heavy atom. The Labute approximate surface area is 145 Å². The Bertz CT molecular complexity index is 595. The van der Waals surface area contributed by atoms with Crippen molar-refractivity contribution in [2.45, 2.75) is 57.8 Å². The molecule has 4 rings (SSSR count). The summed E-state index contributed by atoms with van der Waals surface area (Å²) >= 11 is 0. The first-order valence-corrected chi connectivity index (χ1v) is 9.38. The molecule has 0 aliphatic carbocycles. The van der Waals surface area contributed by atoms with Crippen molar-refractivity contribution in [2.24, 2.45) is 0 Å². The van der Waals surface area contributed by atoms with Crippen LogP contribution in [0, 0.1) is 0 Å². The van der Waals surface area contributed by atoms with Gasteiger partial charge in [-0.3, -0.25) is 9.80 Å². The van der Waals surface area contributed by atoms with Crippen molar-refractivity contribution >= 4 is 0 Å². The lowest BCUT2D eigenvalue weighted by Gasteiger charge is -2.36. The minimum atomic E-state index is -0.0523. The van der Waals surface area contributed by atoms with Crippen molar-refractivity contribution in [3.05, 3.63) is 29.3 Å². The van der Waals surface area contributed by atoms with Gasteiger partial charge in [0, 0.05) is 44.7 Å². The molecule has 3 heterocycles. The van der Waals surface area contributed by atoms with E-state index in [0.717, 1.165) is 45.0 Å². The minimum absolute atomic E-state index is 0.0523. The van der Waals surface area contributed by atoms with E-state index in [0.29, 0.717) is 12.1 Å². The number of ether oxygens (including phenoxy) is 2. The van der Waals surface area contributed by atoms with E-state index in [-0.39, 0.29) is 5.60 Å². The number of benzene rings is 1. The fourth-order valence-electron chi connectivity index (χ4n) is 4.60. The summed E-state index contributed by atoms with van der Waals surface area (Å²) in [5.74, 6) is 1.07. The molecule has 132 valence electrons. The second kappa shape index (κ2) is 6.32. The van der Waals surface area contributed by atoms with Gasteiger partial charge in [0.1, 0.15) is 11.4 Å². The van der Waals surface area contributed by atoms with Crippen molar-refractivity contribution in [3.63, 3.8) is 0 Å². The summed E-state index contributed by atoms with van der Waals surface area (Å²) < 4.78 is 11.5. The number of likely N-dealkylation sites (tertiary alicyclic amines) is 1. The quantitative estimate of drug-likeness (QED) is 0.851. The smallest absolute Gasteiger partial charge is 0.123 e. The van der Waals surface area contributed by atoms with Gasteiger partial charge in [0.25, 0.3) is 0 Å². The van der Waals surface area contributed by atoms with Crippen LogP contribution in [-0.4, -0.2) is 60.3 Å². The maximum Gasteiger partial charge on any atom is 0.123 e. The molecule has 2 atom stereocenters. The number of morpholine rings is 1. The highest BCUT2D eigenvalue weighted by atomic mass is 16.5. The summed E-state index contributed by atoms with van der Waals surface area (Å²) in [6.07, 6.45) is 2.30. The largest absolute Gasteiger partial charge is 0.487 e. The lowest BCUT2D eigenvalue weighted by molar-refractivity contribution is 0.00984. The maximum absolute atomic E-state index is 6.00. The monoisotopic (exact) mass is 330 g/mol. The maximum atomic E-state index is 6.00. The number of fused-ring (bicyclic) bond motifs is 1. The Balaban J connectivity index is 1.41. The SMILES string of the molecule is C[C@@H]1[C@H](N2CCOCC2)CCN1Cc1ccc2c(c1)CC(C)(C)O2. The zero-order valence-electron chi connectivity index (χ0n) is 15.3. The van der Waals surface area contributed by atoms with Crippen LogP contribution in [0.15, 0.2) is 18.2 Å². The number of hydrogen-bond acceptors (Lipinski definition) is 4. The molecule has 0 aromatic heterocycles. The Hall–Kier alpha value is -1.10. The van der Waals surface area contributed by atoms with E-state index in [1.165, 1.54) is 24.1 Å². The standard InChI is InChI=1S/C20H30N2O2/c1-15-18(21-8-10-23-11-9-21)6-7-22(15)14-16-4-5-19-17(12-16)13-20(2,3)24-19/h4-5,12,15,18H,6-11,13-14H2,1-3H3/t15-,18-/m1/s1. The van der Waals surface area contributed by atoms with E-state index in [4.69, 9.17) is 9.47 Å². The van der Waals surface area contributed by atoms with Gasteiger partial charge in [0.15, 0.2) is 0 Å². The van der Waals surface area contributed by atoms with Crippen LogP contribution in [0.4, 0.5) is 0 Å². The molecule has 2 saturated heterocycles. The van der Waals surface area contributed by atoms with E-state index in [2.05, 4.69) is 48.8 Å². The van der Waals surface area contributed by atoms with Crippen LogP contribution in [0.25, 0.3) is 0 Å². The van der Waals surface area contributed by atoms with Crippen molar-refractivity contribution < 1.29 is 9.47 Å². The van der Waals surface area contributed by atoms with E-state index in [1.54, 1.807) is 0 Å². The topological polar surface area (TPSA) is 24.9 Å². The third kappa shape index (κ3) is 3.19. The van der Waals surface area contributed by atoms with Gasteiger partial charge < -0.3 is 9.47 Å². The second-order valence-electron chi connectivity index (χ2n) is 8.20. The lowest BCUT2D eigenvalue weighted by Crippen LogP contribution is -2.48. The summed E-state index contributed by atoms with van der Waals surface area (Å²) in [6.45, 7) is 12.9. The highest BCUT2D eigenvalue weighted by Gasteiger charge is 2.35. The predicted molar refractivity (Wildman–Crippen MR) is 95.5 cm³/mol. The van der Waals surface area contributed by atoms with Crippen LogP contribution in [-0.2, 0) is 17.7 Å². The molecule has 1 aromatic rings. The van der Waals surface area contributed by atoms with E-state index >= 15 is 0 Å². The summed E-state index contributed by atoms with van der Waals surface area (Å²) in [5.41, 5.74) is 2.74. The van der Waals surface area contributed by atoms with Crippen molar-refractivity contribution in [1.82, 2.24) is 9.80 Å². The fourth-order valence-corrected chi connectivity index (χ4v) is 4.60. The average Bonchev–Trinajstić information content (AvgIpc) is 3.06. The molecule has 0 N–H and O–H groups in total. The summed E-state index contributed by atoms with van der Waals surface area (Å²) in [5, 5.41) is 0. The lowest BCUT2D eigenvalue weighted by atomic mass is 10.00. The first kappa shape index (κ1) is 16.4. The first-order chi connectivity index (χ1) is 11.5. The molecule has 3 aliphatic rings. The predicted octanol–water partition coefficient (Wildman–Crippen LogP) is 2.70. The molecule has 0 saturated carbocycles. The van der Waals surface area contributed by atoms with Crippen LogP contribution in [0.5, 0.6) is 5.75 Å². The molecule has 0 bridgehead atoms. The normalized spacial score (nSPS) is 30.3.